The monoisotopic (exact) mass is 1520 g/mol. The number of benzene rings is 2. The molecule has 2 aromatic carbocycles. The second-order valence-corrected chi connectivity index (χ2v) is 19.9. The smallest absolute Gasteiger partial charge is 0.214 e. The van der Waals surface area contributed by atoms with Crippen LogP contribution in [0.4, 0.5) is 11.4 Å². The normalized spacial score (nSPS) is 13.9. The number of aliphatic hydroxyl groups excluding tert-OH is 9. The number of anilines is 2. The van der Waals surface area contributed by atoms with E-state index >= 15 is 0 Å². The Kier molecular flexibility index (Phi) is 25.8. The lowest BCUT2D eigenvalue weighted by Crippen LogP contribution is -2.41. The average molecular weight is 1520 g/mol. The number of carbonyl (C=O) groups excluding carboxylic acids is 6. The van der Waals surface area contributed by atoms with Gasteiger partial charge in [0.05, 0.1) is 81.4 Å². The van der Waals surface area contributed by atoms with Crippen LogP contribution in [0.25, 0.3) is 0 Å². The van der Waals surface area contributed by atoms with Crippen LogP contribution in [0, 0.1) is 21.4 Å². The highest BCUT2D eigenvalue weighted by atomic mass is 127. The molecular formula is C37H44I6N2O15. The highest BCUT2D eigenvalue weighted by Crippen LogP contribution is 2.41. The summed E-state index contributed by atoms with van der Waals surface area (Å²) in [5.74, 6) is -2.08. The topological polar surface area (TPSA) is 291 Å². The Morgan fingerprint density at radius 3 is 0.817 bits per heavy atom. The molecule has 0 spiro atoms. The van der Waals surface area contributed by atoms with Gasteiger partial charge in [-0.05, 0) is 161 Å². The van der Waals surface area contributed by atoms with Crippen molar-refractivity contribution in [3.05, 3.63) is 43.7 Å². The van der Waals surface area contributed by atoms with Crippen molar-refractivity contribution in [1.82, 2.24) is 0 Å². The number of aliphatic hydroxyl groups is 9. The molecule has 0 radical (unpaired) electrons. The summed E-state index contributed by atoms with van der Waals surface area (Å²) in [5.41, 5.74) is 0.274. The molecule has 0 aromatic heterocycles. The van der Waals surface area contributed by atoms with E-state index in [0.29, 0.717) is 12.8 Å². The number of Topliss-reactive ketones (excluding diaryl/α,β-unsaturated/α-hetero) is 4. The fourth-order valence-electron chi connectivity index (χ4n) is 5.73. The van der Waals surface area contributed by atoms with Gasteiger partial charge in [-0.2, -0.15) is 0 Å². The molecule has 2 amide bonds. The maximum absolute atomic E-state index is 13.7. The van der Waals surface area contributed by atoms with E-state index in [9.17, 15) is 74.7 Å². The number of carbonyl (C=O) groups is 6. The van der Waals surface area contributed by atoms with Crippen LogP contribution in [-0.2, 0) is 9.59 Å². The van der Waals surface area contributed by atoms with Crippen molar-refractivity contribution in [2.45, 2.75) is 81.9 Å². The molecule has 0 aliphatic carbocycles. The summed E-state index contributed by atoms with van der Waals surface area (Å²) >= 11 is 11.0. The predicted molar refractivity (Wildman–Crippen MR) is 269 cm³/mol. The zero-order valence-corrected chi connectivity index (χ0v) is 44.5. The van der Waals surface area contributed by atoms with Crippen LogP contribution in [0.2, 0.25) is 0 Å². The Hall–Kier alpha value is 0.0800. The van der Waals surface area contributed by atoms with Crippen molar-refractivity contribution in [3.8, 4) is 0 Å². The Bertz CT molecular complexity index is 1650. The van der Waals surface area contributed by atoms with Crippen LogP contribution in [0.3, 0.4) is 0 Å². The molecule has 0 aliphatic heterocycles. The van der Waals surface area contributed by atoms with Gasteiger partial charge in [0, 0.05) is 69.4 Å². The third-order valence-electron chi connectivity index (χ3n) is 9.01. The maximum Gasteiger partial charge on any atom is 0.214 e. The molecule has 2 aromatic rings. The van der Waals surface area contributed by atoms with Crippen LogP contribution in [0.5, 0.6) is 0 Å². The predicted octanol–water partition coefficient (Wildman–Crippen LogP) is 2.57. The number of hydrogen-bond acceptors (Lipinski definition) is 15. The van der Waals surface area contributed by atoms with E-state index in [1.165, 1.54) is 0 Å². The first-order valence-electron chi connectivity index (χ1n) is 18.1. The summed E-state index contributed by atoms with van der Waals surface area (Å²) in [5, 5.41) is 88.5. The largest absolute Gasteiger partial charge is 0.394 e. The minimum Gasteiger partial charge on any atom is -0.394 e. The van der Waals surface area contributed by atoms with E-state index in [4.69, 9.17) is 0 Å². The zero-order valence-electron chi connectivity index (χ0n) is 31.6. The first kappa shape index (κ1) is 56.2. The molecule has 0 bridgehead atoms. The quantitative estimate of drug-likeness (QED) is 0.0336. The minimum atomic E-state index is -1.55. The molecule has 4 unspecified atom stereocenters. The molecule has 17 nitrogen and oxygen atoms in total. The molecule has 0 aliphatic rings. The van der Waals surface area contributed by atoms with E-state index in [0.717, 1.165) is 9.80 Å². The lowest BCUT2D eigenvalue weighted by molar-refractivity contribution is -0.108. The van der Waals surface area contributed by atoms with E-state index in [1.807, 2.05) is 136 Å². The Morgan fingerprint density at radius 2 is 0.633 bits per heavy atom. The van der Waals surface area contributed by atoms with E-state index < -0.39 is 93.2 Å². The van der Waals surface area contributed by atoms with Crippen molar-refractivity contribution < 1.29 is 74.7 Å². The summed E-state index contributed by atoms with van der Waals surface area (Å²) < 4.78 is 1.32. The van der Waals surface area contributed by atoms with Gasteiger partial charge in [-0.3, -0.25) is 28.8 Å². The van der Waals surface area contributed by atoms with Crippen LogP contribution in [0.1, 0.15) is 92.8 Å². The highest BCUT2D eigenvalue weighted by Gasteiger charge is 2.33. The van der Waals surface area contributed by atoms with Crippen LogP contribution < -0.4 is 9.80 Å². The van der Waals surface area contributed by atoms with E-state index in [2.05, 4.69) is 0 Å². The minimum absolute atomic E-state index is 0.0362. The molecular weight excluding hydrogens is 1470 g/mol. The molecule has 23 heteroatoms. The molecule has 0 fully saturated rings. The summed E-state index contributed by atoms with van der Waals surface area (Å²) in [6.45, 7) is -3.40. The average Bonchev–Trinajstić information content (AvgIpc) is 3.21. The number of ketones is 4. The van der Waals surface area contributed by atoms with Gasteiger partial charge in [-0.1, -0.05) is 0 Å². The first-order chi connectivity index (χ1) is 28.3. The van der Waals surface area contributed by atoms with Crippen molar-refractivity contribution in [1.29, 1.82) is 0 Å². The zero-order chi connectivity index (χ0) is 45.6. The van der Waals surface area contributed by atoms with Crippen LogP contribution in [-0.4, -0.2) is 152 Å². The molecule has 4 atom stereocenters. The molecule has 334 valence electrons. The summed E-state index contributed by atoms with van der Waals surface area (Å²) in [4.78, 5) is 82.5. The van der Waals surface area contributed by atoms with Crippen LogP contribution >= 0.6 is 136 Å². The summed E-state index contributed by atoms with van der Waals surface area (Å²) in [7, 11) is 0. The van der Waals surface area contributed by atoms with Crippen molar-refractivity contribution in [2.75, 3.05) is 49.3 Å². The maximum atomic E-state index is 13.7. The number of nitrogens with zero attached hydrogens (tertiary/aromatic N) is 2. The Labute approximate surface area is 427 Å². The molecule has 0 heterocycles. The molecule has 2 rings (SSSR count). The number of halogens is 6. The van der Waals surface area contributed by atoms with Gasteiger partial charge in [0.15, 0.2) is 23.1 Å². The van der Waals surface area contributed by atoms with Gasteiger partial charge in [-0.15, -0.1) is 0 Å². The van der Waals surface area contributed by atoms with E-state index in [-0.39, 0.29) is 106 Å². The third-order valence-corrected chi connectivity index (χ3v) is 15.4. The Balaban J connectivity index is 2.74. The fraction of sp³-hybridized carbons (Fsp3) is 0.514. The molecule has 0 saturated carbocycles. The van der Waals surface area contributed by atoms with Gasteiger partial charge < -0.3 is 55.8 Å². The first-order valence-corrected chi connectivity index (χ1v) is 24.5. The number of hydrogen-bond donors (Lipinski definition) is 9. The van der Waals surface area contributed by atoms with Crippen molar-refractivity contribution >= 4 is 183 Å². The van der Waals surface area contributed by atoms with Gasteiger partial charge in [0.2, 0.25) is 12.8 Å². The van der Waals surface area contributed by atoms with Crippen molar-refractivity contribution in [3.63, 3.8) is 0 Å². The second-order valence-electron chi connectivity index (χ2n) is 13.4. The van der Waals surface area contributed by atoms with E-state index in [1.54, 1.807) is 0 Å². The SMILES string of the molecule is O=CN(CC(O)CN(C=O)c1c(I)c(C(=O)CCC(O)CO)c(I)c(C(=O)CCC(O)CO)c1I)c1c(I)c(C(=O)CCC(O)CO)c(I)c(C(=O)CCC(O)CO)c1I. The summed E-state index contributed by atoms with van der Waals surface area (Å²) in [6.07, 6.45) is -7.03. The van der Waals surface area contributed by atoms with Gasteiger partial charge in [0.1, 0.15) is 0 Å². The van der Waals surface area contributed by atoms with Gasteiger partial charge in [-0.25, -0.2) is 0 Å². The standard InChI is InChI=1S/C37H44I6N2O15/c38-30-26(22(57)5-1-17(52)11-46)32(40)36(33(41)27(30)23(58)6-2-18(53)12-47)44(15-50)9-21(56)10-45(16-51)37-34(42)28(24(59)7-3-19(54)13-48)31(39)29(35(37)43)25(60)8-4-20(55)14-49/h15-21,46-49,52-56H,1-14H2. The van der Waals surface area contributed by atoms with Gasteiger partial charge >= 0.3 is 0 Å². The Morgan fingerprint density at radius 1 is 0.417 bits per heavy atom. The third kappa shape index (κ3) is 15.1. The lowest BCUT2D eigenvalue weighted by Gasteiger charge is -2.30. The van der Waals surface area contributed by atoms with Gasteiger partial charge in [0.25, 0.3) is 0 Å². The fourth-order valence-corrected chi connectivity index (χ4v) is 15.7. The van der Waals surface area contributed by atoms with Crippen molar-refractivity contribution in [2.24, 2.45) is 0 Å². The molecule has 9 N–H and O–H groups in total. The highest BCUT2D eigenvalue weighted by molar-refractivity contribution is 14.1. The number of amides is 2. The summed E-state index contributed by atoms with van der Waals surface area (Å²) in [6, 6.07) is 0. The molecule has 60 heavy (non-hydrogen) atoms. The molecule has 0 saturated heterocycles. The lowest BCUT2D eigenvalue weighted by atomic mass is 9.97. The van der Waals surface area contributed by atoms with Crippen LogP contribution in [0.15, 0.2) is 0 Å². The second kappa shape index (κ2) is 27.5. The number of rotatable bonds is 28.